The Kier molecular flexibility index (Phi) is 3.86. The summed E-state index contributed by atoms with van der Waals surface area (Å²) in [4.78, 5) is 0. The van der Waals surface area contributed by atoms with E-state index in [1.807, 2.05) is 37.3 Å². The topological polar surface area (TPSA) is 33.0 Å². The van der Waals surface area contributed by atoms with Crippen LogP contribution in [0.3, 0.4) is 0 Å². The minimum Gasteiger partial charge on any atom is -0.489 e. The van der Waals surface area contributed by atoms with E-state index in [-0.39, 0.29) is 0 Å². The highest BCUT2D eigenvalue weighted by Gasteiger charge is 2.02. The summed E-state index contributed by atoms with van der Waals surface area (Å²) in [5.41, 5.74) is 2.61. The van der Waals surface area contributed by atoms with E-state index in [9.17, 15) is 0 Å². The standard InChI is InChI=1S/C15H12ClNO/c1-11-5-6-12(9-17)8-15(11)18-10-13-3-2-4-14(16)7-13/h2-8H,10H2,1H3. The predicted octanol–water partition coefficient (Wildman–Crippen LogP) is 4.10. The number of benzene rings is 2. The van der Waals surface area contributed by atoms with Gasteiger partial charge in [-0.3, -0.25) is 0 Å². The normalized spacial score (nSPS) is 9.83. The van der Waals surface area contributed by atoms with Gasteiger partial charge in [-0.25, -0.2) is 0 Å². The van der Waals surface area contributed by atoms with Crippen LogP contribution in [-0.2, 0) is 6.61 Å². The molecule has 0 spiro atoms. The molecule has 0 fully saturated rings. The van der Waals surface area contributed by atoms with E-state index in [1.165, 1.54) is 0 Å². The van der Waals surface area contributed by atoms with E-state index in [2.05, 4.69) is 6.07 Å². The van der Waals surface area contributed by atoms with Crippen molar-refractivity contribution in [2.45, 2.75) is 13.5 Å². The molecule has 0 aromatic heterocycles. The van der Waals surface area contributed by atoms with Gasteiger partial charge in [0.1, 0.15) is 12.4 Å². The summed E-state index contributed by atoms with van der Waals surface area (Å²) in [6.07, 6.45) is 0. The van der Waals surface area contributed by atoms with Gasteiger partial charge < -0.3 is 4.74 Å². The van der Waals surface area contributed by atoms with Crippen molar-refractivity contribution < 1.29 is 4.74 Å². The Morgan fingerprint density at radius 3 is 2.78 bits per heavy atom. The number of hydrogen-bond donors (Lipinski definition) is 0. The summed E-state index contributed by atoms with van der Waals surface area (Å²) in [6.45, 7) is 2.39. The highest BCUT2D eigenvalue weighted by atomic mass is 35.5. The van der Waals surface area contributed by atoms with Crippen LogP contribution in [0.4, 0.5) is 0 Å². The molecule has 0 amide bonds. The highest BCUT2D eigenvalue weighted by molar-refractivity contribution is 6.30. The highest BCUT2D eigenvalue weighted by Crippen LogP contribution is 2.21. The number of ether oxygens (including phenoxy) is 1. The van der Waals surface area contributed by atoms with Gasteiger partial charge in [-0.2, -0.15) is 5.26 Å². The molecule has 0 bridgehead atoms. The van der Waals surface area contributed by atoms with Gasteiger partial charge in [0, 0.05) is 5.02 Å². The molecule has 2 nitrogen and oxygen atoms in total. The largest absolute Gasteiger partial charge is 0.489 e. The molecule has 0 saturated heterocycles. The van der Waals surface area contributed by atoms with Crippen molar-refractivity contribution in [2.24, 2.45) is 0 Å². The van der Waals surface area contributed by atoms with Gasteiger partial charge in [0.05, 0.1) is 11.6 Å². The molecule has 3 heteroatoms. The summed E-state index contributed by atoms with van der Waals surface area (Å²) in [6, 6.07) is 15.0. The van der Waals surface area contributed by atoms with Gasteiger partial charge in [-0.15, -0.1) is 0 Å². The first-order valence-corrected chi connectivity index (χ1v) is 5.95. The van der Waals surface area contributed by atoms with Crippen LogP contribution in [0.25, 0.3) is 0 Å². The van der Waals surface area contributed by atoms with Crippen LogP contribution in [0.1, 0.15) is 16.7 Å². The lowest BCUT2D eigenvalue weighted by Gasteiger charge is -2.09. The molecule has 0 aliphatic rings. The fourth-order valence-corrected chi connectivity index (χ4v) is 1.83. The van der Waals surface area contributed by atoms with E-state index in [1.54, 1.807) is 12.1 Å². The van der Waals surface area contributed by atoms with Gasteiger partial charge in [0.2, 0.25) is 0 Å². The van der Waals surface area contributed by atoms with E-state index >= 15 is 0 Å². The zero-order chi connectivity index (χ0) is 13.0. The molecular formula is C15H12ClNO. The van der Waals surface area contributed by atoms with Crippen LogP contribution in [0.15, 0.2) is 42.5 Å². The molecule has 2 rings (SSSR count). The first-order chi connectivity index (χ1) is 8.69. The second-order valence-corrected chi connectivity index (χ2v) is 4.45. The molecule has 0 N–H and O–H groups in total. The first-order valence-electron chi connectivity index (χ1n) is 5.57. The summed E-state index contributed by atoms with van der Waals surface area (Å²) in [5.74, 6) is 0.731. The molecule has 0 radical (unpaired) electrons. The number of aryl methyl sites for hydroxylation is 1. The van der Waals surface area contributed by atoms with Crippen LogP contribution in [0, 0.1) is 18.3 Å². The van der Waals surface area contributed by atoms with Crippen LogP contribution < -0.4 is 4.74 Å². The van der Waals surface area contributed by atoms with Crippen molar-refractivity contribution in [3.05, 3.63) is 64.2 Å². The van der Waals surface area contributed by atoms with Gasteiger partial charge in [0.15, 0.2) is 0 Å². The Labute approximate surface area is 111 Å². The van der Waals surface area contributed by atoms with E-state index in [0.29, 0.717) is 17.2 Å². The SMILES string of the molecule is Cc1ccc(C#N)cc1OCc1cccc(Cl)c1. The summed E-state index contributed by atoms with van der Waals surface area (Å²) in [7, 11) is 0. The van der Waals surface area contributed by atoms with Gasteiger partial charge >= 0.3 is 0 Å². The molecule has 0 heterocycles. The zero-order valence-electron chi connectivity index (χ0n) is 9.98. The lowest BCUT2D eigenvalue weighted by molar-refractivity contribution is 0.304. The molecule has 0 unspecified atom stereocenters. The smallest absolute Gasteiger partial charge is 0.124 e. The fraction of sp³-hybridized carbons (Fsp3) is 0.133. The summed E-state index contributed by atoms with van der Waals surface area (Å²) < 4.78 is 5.71. The van der Waals surface area contributed by atoms with Crippen molar-refractivity contribution >= 4 is 11.6 Å². The third-order valence-electron chi connectivity index (χ3n) is 2.60. The van der Waals surface area contributed by atoms with Gasteiger partial charge in [-0.1, -0.05) is 29.8 Å². The first kappa shape index (κ1) is 12.5. The fourth-order valence-electron chi connectivity index (χ4n) is 1.61. The van der Waals surface area contributed by atoms with Crippen LogP contribution in [-0.4, -0.2) is 0 Å². The maximum atomic E-state index is 8.85. The maximum Gasteiger partial charge on any atom is 0.124 e. The van der Waals surface area contributed by atoms with Crippen LogP contribution in [0.2, 0.25) is 5.02 Å². The van der Waals surface area contributed by atoms with Crippen molar-refractivity contribution in [1.82, 2.24) is 0 Å². The van der Waals surface area contributed by atoms with E-state index in [0.717, 1.165) is 16.9 Å². The summed E-state index contributed by atoms with van der Waals surface area (Å²) in [5, 5.41) is 9.54. The van der Waals surface area contributed by atoms with Crippen molar-refractivity contribution in [1.29, 1.82) is 5.26 Å². The third kappa shape index (κ3) is 3.03. The molecular weight excluding hydrogens is 246 g/mol. The molecule has 0 atom stereocenters. The number of halogens is 1. The Hall–Kier alpha value is -1.98. The molecule has 2 aromatic carbocycles. The second kappa shape index (κ2) is 5.57. The maximum absolute atomic E-state index is 8.85. The minimum absolute atomic E-state index is 0.441. The Morgan fingerprint density at radius 1 is 1.22 bits per heavy atom. The molecule has 0 aliphatic carbocycles. The Balaban J connectivity index is 2.13. The van der Waals surface area contributed by atoms with E-state index in [4.69, 9.17) is 21.6 Å². The van der Waals surface area contributed by atoms with Crippen molar-refractivity contribution in [3.8, 4) is 11.8 Å². The lowest BCUT2D eigenvalue weighted by Crippen LogP contribution is -1.97. The number of nitriles is 1. The van der Waals surface area contributed by atoms with Crippen molar-refractivity contribution in [2.75, 3.05) is 0 Å². The second-order valence-electron chi connectivity index (χ2n) is 4.01. The average molecular weight is 258 g/mol. The molecule has 0 aliphatic heterocycles. The van der Waals surface area contributed by atoms with E-state index < -0.39 is 0 Å². The van der Waals surface area contributed by atoms with Crippen LogP contribution in [0.5, 0.6) is 5.75 Å². The van der Waals surface area contributed by atoms with Gasteiger partial charge in [0.25, 0.3) is 0 Å². The lowest BCUT2D eigenvalue weighted by atomic mass is 10.1. The zero-order valence-corrected chi connectivity index (χ0v) is 10.7. The molecule has 90 valence electrons. The molecule has 18 heavy (non-hydrogen) atoms. The quantitative estimate of drug-likeness (QED) is 0.829. The summed E-state index contributed by atoms with van der Waals surface area (Å²) >= 11 is 5.91. The van der Waals surface area contributed by atoms with Gasteiger partial charge in [-0.05, 0) is 42.3 Å². The van der Waals surface area contributed by atoms with Crippen LogP contribution >= 0.6 is 11.6 Å². The number of rotatable bonds is 3. The molecule has 0 saturated carbocycles. The Bertz CT molecular complexity index is 602. The minimum atomic E-state index is 0.441. The third-order valence-corrected chi connectivity index (χ3v) is 2.84. The molecule has 2 aromatic rings. The predicted molar refractivity (Wildman–Crippen MR) is 71.7 cm³/mol. The average Bonchev–Trinajstić information content (AvgIpc) is 2.38. The Morgan fingerprint density at radius 2 is 2.06 bits per heavy atom. The van der Waals surface area contributed by atoms with Crippen molar-refractivity contribution in [3.63, 3.8) is 0 Å². The number of nitrogens with zero attached hydrogens (tertiary/aromatic N) is 1. The number of hydrogen-bond acceptors (Lipinski definition) is 2. The monoisotopic (exact) mass is 257 g/mol.